The van der Waals surface area contributed by atoms with E-state index in [0.717, 1.165) is 11.6 Å². The van der Waals surface area contributed by atoms with E-state index in [1.54, 1.807) is 13.2 Å². The van der Waals surface area contributed by atoms with Crippen molar-refractivity contribution in [2.24, 2.45) is 13.0 Å². The highest BCUT2D eigenvalue weighted by Gasteiger charge is 2.25. The number of nitrogens with zero attached hydrogens (tertiary/aromatic N) is 3. The van der Waals surface area contributed by atoms with Crippen LogP contribution in [0, 0.1) is 5.92 Å². The van der Waals surface area contributed by atoms with E-state index < -0.39 is 0 Å². The van der Waals surface area contributed by atoms with Gasteiger partial charge in [0.25, 0.3) is 5.56 Å². The summed E-state index contributed by atoms with van der Waals surface area (Å²) in [6.07, 6.45) is 9.21. The minimum atomic E-state index is -0.226. The lowest BCUT2D eigenvalue weighted by molar-refractivity contribution is 0.303. The molecule has 0 aromatic carbocycles. The van der Waals surface area contributed by atoms with Crippen LogP contribution in [-0.4, -0.2) is 22.9 Å². The molecule has 0 amide bonds. The zero-order valence-corrected chi connectivity index (χ0v) is 13.4. The summed E-state index contributed by atoms with van der Waals surface area (Å²) >= 11 is 6.18. The van der Waals surface area contributed by atoms with Crippen LogP contribution in [-0.2, 0) is 7.05 Å². The van der Waals surface area contributed by atoms with Gasteiger partial charge in [-0.2, -0.15) is 5.10 Å². The molecule has 1 heterocycles. The molecular weight excluding hydrogens is 274 g/mol. The van der Waals surface area contributed by atoms with Crippen LogP contribution >= 0.6 is 11.6 Å². The zero-order chi connectivity index (χ0) is 14.7. The molecule has 0 bridgehead atoms. The Labute approximate surface area is 125 Å². The maximum atomic E-state index is 11.9. The van der Waals surface area contributed by atoms with Crippen LogP contribution in [0.1, 0.15) is 45.4 Å². The van der Waals surface area contributed by atoms with E-state index in [1.165, 1.54) is 43.2 Å². The van der Waals surface area contributed by atoms with Crippen molar-refractivity contribution in [1.82, 2.24) is 9.78 Å². The number of rotatable bonds is 4. The van der Waals surface area contributed by atoms with Gasteiger partial charge in [-0.1, -0.05) is 31.4 Å². The number of aryl methyl sites for hydroxylation is 1. The lowest BCUT2D eigenvalue weighted by Crippen LogP contribution is -2.36. The van der Waals surface area contributed by atoms with E-state index in [0.29, 0.717) is 6.04 Å². The van der Waals surface area contributed by atoms with Crippen LogP contribution in [0.3, 0.4) is 0 Å². The molecule has 1 aromatic heterocycles. The molecule has 0 saturated heterocycles. The number of hydrogen-bond donors (Lipinski definition) is 0. The smallest absolute Gasteiger partial charge is 0.287 e. The second-order valence-corrected chi connectivity index (χ2v) is 6.22. The van der Waals surface area contributed by atoms with Gasteiger partial charge in [-0.25, -0.2) is 4.68 Å². The molecule has 112 valence electrons. The van der Waals surface area contributed by atoms with Crippen molar-refractivity contribution in [1.29, 1.82) is 0 Å². The third-order valence-electron chi connectivity index (χ3n) is 4.50. The fraction of sp³-hybridized carbons (Fsp3) is 0.733. The first-order chi connectivity index (χ1) is 9.54. The van der Waals surface area contributed by atoms with Crippen LogP contribution in [0.15, 0.2) is 11.0 Å². The van der Waals surface area contributed by atoms with Gasteiger partial charge in [0.1, 0.15) is 5.02 Å². The molecule has 1 aliphatic rings. The van der Waals surface area contributed by atoms with E-state index in [2.05, 4.69) is 16.9 Å². The summed E-state index contributed by atoms with van der Waals surface area (Å²) in [5.41, 5.74) is 0.532. The van der Waals surface area contributed by atoms with Crippen molar-refractivity contribution in [3.05, 3.63) is 21.6 Å². The molecule has 20 heavy (non-hydrogen) atoms. The number of aromatic nitrogens is 2. The van der Waals surface area contributed by atoms with E-state index >= 15 is 0 Å². The second kappa shape index (κ2) is 6.61. The van der Waals surface area contributed by atoms with Gasteiger partial charge in [0.2, 0.25) is 0 Å². The monoisotopic (exact) mass is 297 g/mol. The summed E-state index contributed by atoms with van der Waals surface area (Å²) in [4.78, 5) is 14.0. The molecule has 0 unspecified atom stereocenters. The average molecular weight is 298 g/mol. The second-order valence-electron chi connectivity index (χ2n) is 5.85. The third kappa shape index (κ3) is 3.17. The van der Waals surface area contributed by atoms with Gasteiger partial charge in [0.05, 0.1) is 11.9 Å². The number of halogens is 1. The molecule has 0 N–H and O–H groups in total. The molecule has 4 nitrogen and oxygen atoms in total. The van der Waals surface area contributed by atoms with Crippen LogP contribution in [0.2, 0.25) is 5.02 Å². The Hall–Kier alpha value is -1.03. The summed E-state index contributed by atoms with van der Waals surface area (Å²) in [6.45, 7) is 2.25. The molecule has 0 radical (unpaired) electrons. The normalized spacial score (nSPS) is 22.8. The van der Waals surface area contributed by atoms with E-state index in [-0.39, 0.29) is 10.6 Å². The molecule has 1 aromatic rings. The predicted octanol–water partition coefficient (Wildman–Crippen LogP) is 3.23. The van der Waals surface area contributed by atoms with Gasteiger partial charge in [-0.3, -0.25) is 4.79 Å². The lowest BCUT2D eigenvalue weighted by Gasteiger charge is -2.36. The topological polar surface area (TPSA) is 38.1 Å². The minimum absolute atomic E-state index is 0.226. The molecule has 0 aliphatic heterocycles. The van der Waals surface area contributed by atoms with E-state index in [1.807, 2.05) is 7.05 Å². The quantitative estimate of drug-likeness (QED) is 0.856. The van der Waals surface area contributed by atoms with Crippen molar-refractivity contribution in [2.45, 2.75) is 51.5 Å². The van der Waals surface area contributed by atoms with Gasteiger partial charge in [-0.15, -0.1) is 0 Å². The highest BCUT2D eigenvalue weighted by molar-refractivity contribution is 6.33. The maximum Gasteiger partial charge on any atom is 0.287 e. The first kappa shape index (κ1) is 15.4. The molecule has 1 aliphatic carbocycles. The van der Waals surface area contributed by atoms with Crippen LogP contribution in [0.25, 0.3) is 0 Å². The minimum Gasteiger partial charge on any atom is -0.369 e. The Morgan fingerprint density at radius 1 is 1.40 bits per heavy atom. The standard InChI is InChI=1S/C15H24ClN3O/c1-4-5-11-6-8-12(9-7-11)18(2)13-10-17-19(3)15(20)14(13)16/h10-12H,4-9H2,1-3H3. The summed E-state index contributed by atoms with van der Waals surface area (Å²) in [5.74, 6) is 0.877. The van der Waals surface area contributed by atoms with Crippen molar-refractivity contribution in [2.75, 3.05) is 11.9 Å². The summed E-state index contributed by atoms with van der Waals surface area (Å²) in [7, 11) is 3.64. The average Bonchev–Trinajstić information content (AvgIpc) is 2.45. The SMILES string of the molecule is CCCC1CCC(N(C)c2cnn(C)c(=O)c2Cl)CC1. The molecule has 2 rings (SSSR count). The highest BCUT2D eigenvalue weighted by Crippen LogP contribution is 2.33. The van der Waals surface area contributed by atoms with Gasteiger partial charge in [-0.05, 0) is 31.6 Å². The predicted molar refractivity (Wildman–Crippen MR) is 83.5 cm³/mol. The Morgan fingerprint density at radius 2 is 2.05 bits per heavy atom. The van der Waals surface area contributed by atoms with Crippen molar-refractivity contribution >= 4 is 17.3 Å². The van der Waals surface area contributed by atoms with Crippen LogP contribution in [0.4, 0.5) is 5.69 Å². The van der Waals surface area contributed by atoms with Gasteiger partial charge in [0, 0.05) is 20.1 Å². The third-order valence-corrected chi connectivity index (χ3v) is 4.86. The Kier molecular flexibility index (Phi) is 5.08. The fourth-order valence-corrected chi connectivity index (χ4v) is 3.48. The van der Waals surface area contributed by atoms with E-state index in [9.17, 15) is 4.79 Å². The molecule has 0 spiro atoms. The summed E-state index contributed by atoms with van der Waals surface area (Å²) < 4.78 is 1.28. The molecule has 0 atom stereocenters. The van der Waals surface area contributed by atoms with Crippen LogP contribution < -0.4 is 10.5 Å². The molecule has 5 heteroatoms. The van der Waals surface area contributed by atoms with Crippen LogP contribution in [0.5, 0.6) is 0 Å². The number of anilines is 1. The van der Waals surface area contributed by atoms with Gasteiger partial charge in [0.15, 0.2) is 0 Å². The first-order valence-corrected chi connectivity index (χ1v) is 7.87. The highest BCUT2D eigenvalue weighted by atomic mass is 35.5. The molecule has 1 saturated carbocycles. The summed E-state index contributed by atoms with van der Waals surface area (Å²) in [6, 6.07) is 0.467. The largest absolute Gasteiger partial charge is 0.369 e. The Bertz CT molecular complexity index is 506. The fourth-order valence-electron chi connectivity index (χ4n) is 3.17. The van der Waals surface area contributed by atoms with Crippen molar-refractivity contribution in [3.8, 4) is 0 Å². The lowest BCUT2D eigenvalue weighted by atomic mass is 9.83. The molecule has 1 fully saturated rings. The zero-order valence-electron chi connectivity index (χ0n) is 12.6. The maximum absolute atomic E-state index is 11.9. The van der Waals surface area contributed by atoms with Crippen molar-refractivity contribution in [3.63, 3.8) is 0 Å². The Morgan fingerprint density at radius 3 is 2.65 bits per heavy atom. The first-order valence-electron chi connectivity index (χ1n) is 7.49. The molecular formula is C15H24ClN3O. The van der Waals surface area contributed by atoms with Gasteiger partial charge >= 0.3 is 0 Å². The van der Waals surface area contributed by atoms with Crippen molar-refractivity contribution < 1.29 is 0 Å². The van der Waals surface area contributed by atoms with Gasteiger partial charge < -0.3 is 4.90 Å². The summed E-state index contributed by atoms with van der Waals surface area (Å²) in [5, 5.41) is 4.36. The Balaban J connectivity index is 2.08. The van der Waals surface area contributed by atoms with E-state index in [4.69, 9.17) is 11.6 Å². The number of hydrogen-bond acceptors (Lipinski definition) is 3.